The fraction of sp³-hybridized carbons (Fsp3) is 0.652. The van der Waals surface area contributed by atoms with Crippen LogP contribution in [0.15, 0.2) is 36.9 Å². The summed E-state index contributed by atoms with van der Waals surface area (Å²) in [5, 5.41) is 0. The fourth-order valence-electron chi connectivity index (χ4n) is 3.87. The van der Waals surface area contributed by atoms with Gasteiger partial charge in [0.25, 0.3) is 0 Å². The van der Waals surface area contributed by atoms with E-state index in [1.165, 1.54) is 75.3 Å². The van der Waals surface area contributed by atoms with E-state index in [-0.39, 0.29) is 0 Å². The first kappa shape index (κ1) is 19.2. The van der Waals surface area contributed by atoms with Crippen molar-refractivity contribution in [1.29, 1.82) is 0 Å². The summed E-state index contributed by atoms with van der Waals surface area (Å²) in [5.41, 5.74) is 2.85. The van der Waals surface area contributed by atoms with Crippen LogP contribution in [0.4, 0.5) is 0 Å². The molecule has 0 bridgehead atoms. The number of hydrogen-bond acceptors (Lipinski definition) is 1. The summed E-state index contributed by atoms with van der Waals surface area (Å²) < 4.78 is 5.76. The second-order valence-corrected chi connectivity index (χ2v) is 7.44. The van der Waals surface area contributed by atoms with Gasteiger partial charge in [0.05, 0.1) is 6.61 Å². The highest BCUT2D eigenvalue weighted by molar-refractivity contribution is 5.25. The van der Waals surface area contributed by atoms with Crippen molar-refractivity contribution in [3.63, 3.8) is 0 Å². The Hall–Kier alpha value is -1.08. The summed E-state index contributed by atoms with van der Waals surface area (Å²) in [5.74, 6) is 1.73. The molecule has 24 heavy (non-hydrogen) atoms. The van der Waals surface area contributed by atoms with Gasteiger partial charge in [-0.1, -0.05) is 56.5 Å². The number of ether oxygens (including phenoxy) is 1. The first-order valence-corrected chi connectivity index (χ1v) is 10.1. The maximum absolute atomic E-state index is 5.76. The SMILES string of the molecule is C=CCCC[C@H]1CC[C@H](c2ccc(COCCCCC)cc2)CC1. The Balaban J connectivity index is 1.69. The van der Waals surface area contributed by atoms with Gasteiger partial charge in [-0.25, -0.2) is 0 Å². The van der Waals surface area contributed by atoms with E-state index in [1.54, 1.807) is 0 Å². The predicted octanol–water partition coefficient (Wildman–Crippen LogP) is 7.02. The minimum Gasteiger partial charge on any atom is -0.377 e. The molecule has 0 unspecified atom stereocenters. The van der Waals surface area contributed by atoms with Crippen LogP contribution in [0.1, 0.15) is 88.2 Å². The highest BCUT2D eigenvalue weighted by Gasteiger charge is 2.21. The lowest BCUT2D eigenvalue weighted by atomic mass is 9.77. The van der Waals surface area contributed by atoms with Crippen molar-refractivity contribution in [2.45, 2.75) is 83.7 Å². The molecule has 1 nitrogen and oxygen atoms in total. The first-order chi connectivity index (χ1) is 11.8. The van der Waals surface area contributed by atoms with Crippen molar-refractivity contribution >= 4 is 0 Å². The third-order valence-electron chi connectivity index (χ3n) is 5.48. The monoisotopic (exact) mass is 328 g/mol. The predicted molar refractivity (Wildman–Crippen MR) is 104 cm³/mol. The Morgan fingerprint density at radius 1 is 1.04 bits per heavy atom. The number of rotatable bonds is 11. The Morgan fingerprint density at radius 2 is 1.79 bits per heavy atom. The van der Waals surface area contributed by atoms with Crippen molar-refractivity contribution in [1.82, 2.24) is 0 Å². The molecule has 2 rings (SSSR count). The van der Waals surface area contributed by atoms with Crippen LogP contribution in [0, 0.1) is 5.92 Å². The van der Waals surface area contributed by atoms with Gasteiger partial charge in [-0.2, -0.15) is 0 Å². The number of unbranched alkanes of at least 4 members (excludes halogenated alkanes) is 3. The zero-order valence-corrected chi connectivity index (χ0v) is 15.6. The molecule has 1 aromatic rings. The first-order valence-electron chi connectivity index (χ1n) is 10.1. The highest BCUT2D eigenvalue weighted by atomic mass is 16.5. The third-order valence-corrected chi connectivity index (χ3v) is 5.48. The molecule has 1 fully saturated rings. The topological polar surface area (TPSA) is 9.23 Å². The van der Waals surface area contributed by atoms with Crippen LogP contribution >= 0.6 is 0 Å². The zero-order valence-electron chi connectivity index (χ0n) is 15.6. The molecule has 0 aliphatic heterocycles. The van der Waals surface area contributed by atoms with Crippen LogP contribution < -0.4 is 0 Å². The lowest BCUT2D eigenvalue weighted by molar-refractivity contribution is 0.117. The van der Waals surface area contributed by atoms with Gasteiger partial charge >= 0.3 is 0 Å². The summed E-state index contributed by atoms with van der Waals surface area (Å²) in [6, 6.07) is 9.22. The van der Waals surface area contributed by atoms with Gasteiger partial charge in [0.15, 0.2) is 0 Å². The molecule has 0 spiro atoms. The molecule has 0 N–H and O–H groups in total. The molecule has 0 amide bonds. The van der Waals surface area contributed by atoms with Gasteiger partial charge in [-0.05, 0) is 67.9 Å². The van der Waals surface area contributed by atoms with Gasteiger partial charge in [-0.15, -0.1) is 6.58 Å². The average Bonchev–Trinajstić information content (AvgIpc) is 2.63. The van der Waals surface area contributed by atoms with E-state index in [1.807, 2.05) is 0 Å². The number of hydrogen-bond donors (Lipinski definition) is 0. The molecule has 1 aliphatic rings. The van der Waals surface area contributed by atoms with Crippen molar-refractivity contribution < 1.29 is 4.74 Å². The molecule has 0 radical (unpaired) electrons. The summed E-state index contributed by atoms with van der Waals surface area (Å²) in [6.07, 6.45) is 15.2. The van der Waals surface area contributed by atoms with E-state index in [9.17, 15) is 0 Å². The largest absolute Gasteiger partial charge is 0.377 e. The van der Waals surface area contributed by atoms with Gasteiger partial charge in [0.1, 0.15) is 0 Å². The molecule has 134 valence electrons. The average molecular weight is 329 g/mol. The van der Waals surface area contributed by atoms with E-state index in [0.29, 0.717) is 0 Å². The molecule has 0 atom stereocenters. The lowest BCUT2D eigenvalue weighted by Gasteiger charge is -2.29. The van der Waals surface area contributed by atoms with E-state index in [2.05, 4.69) is 43.8 Å². The summed E-state index contributed by atoms with van der Waals surface area (Å²) >= 11 is 0. The number of allylic oxidation sites excluding steroid dienone is 1. The molecular weight excluding hydrogens is 292 g/mol. The molecular formula is C23H36O. The van der Waals surface area contributed by atoms with Gasteiger partial charge < -0.3 is 4.74 Å². The van der Waals surface area contributed by atoms with Gasteiger partial charge in [0.2, 0.25) is 0 Å². The quantitative estimate of drug-likeness (QED) is 0.313. The standard InChI is InChI=1S/C23H36O/c1-3-5-7-9-20-10-14-22(15-11-20)23-16-12-21(13-17-23)19-24-18-8-6-4-2/h3,12-13,16-17,20,22H,1,4-11,14-15,18-19H2,2H3/t20-,22-. The van der Waals surface area contributed by atoms with Crippen molar-refractivity contribution in [2.24, 2.45) is 5.92 Å². The Morgan fingerprint density at radius 3 is 2.46 bits per heavy atom. The van der Waals surface area contributed by atoms with Crippen LogP contribution in [0.3, 0.4) is 0 Å². The zero-order chi connectivity index (χ0) is 17.0. The lowest BCUT2D eigenvalue weighted by Crippen LogP contribution is -2.13. The second kappa shape index (κ2) is 11.5. The molecule has 0 saturated heterocycles. The normalized spacial score (nSPS) is 20.9. The van der Waals surface area contributed by atoms with Gasteiger partial charge in [-0.3, -0.25) is 0 Å². The van der Waals surface area contributed by atoms with Crippen LogP contribution in [-0.4, -0.2) is 6.61 Å². The molecule has 0 aromatic heterocycles. The molecule has 1 aliphatic carbocycles. The summed E-state index contributed by atoms with van der Waals surface area (Å²) in [7, 11) is 0. The second-order valence-electron chi connectivity index (χ2n) is 7.44. The Bertz CT molecular complexity index is 440. The van der Waals surface area contributed by atoms with Crippen molar-refractivity contribution in [3.8, 4) is 0 Å². The molecule has 0 heterocycles. The van der Waals surface area contributed by atoms with Crippen molar-refractivity contribution in [3.05, 3.63) is 48.0 Å². The van der Waals surface area contributed by atoms with Crippen LogP contribution in [0.5, 0.6) is 0 Å². The van der Waals surface area contributed by atoms with Crippen LogP contribution in [-0.2, 0) is 11.3 Å². The third kappa shape index (κ3) is 6.81. The summed E-state index contributed by atoms with van der Waals surface area (Å²) in [6.45, 7) is 7.71. The molecule has 1 heteroatoms. The van der Waals surface area contributed by atoms with E-state index in [0.717, 1.165) is 25.0 Å². The minimum atomic E-state index is 0.764. The minimum absolute atomic E-state index is 0.764. The van der Waals surface area contributed by atoms with Crippen molar-refractivity contribution in [2.75, 3.05) is 6.61 Å². The smallest absolute Gasteiger partial charge is 0.0716 e. The van der Waals surface area contributed by atoms with E-state index < -0.39 is 0 Å². The Kier molecular flexibility index (Phi) is 9.20. The molecule has 1 aromatic carbocycles. The van der Waals surface area contributed by atoms with E-state index >= 15 is 0 Å². The molecule has 1 saturated carbocycles. The highest BCUT2D eigenvalue weighted by Crippen LogP contribution is 2.37. The summed E-state index contributed by atoms with van der Waals surface area (Å²) in [4.78, 5) is 0. The van der Waals surface area contributed by atoms with Crippen LogP contribution in [0.25, 0.3) is 0 Å². The fourth-order valence-corrected chi connectivity index (χ4v) is 3.87. The maximum atomic E-state index is 5.76. The van der Waals surface area contributed by atoms with Gasteiger partial charge in [0, 0.05) is 6.61 Å². The maximum Gasteiger partial charge on any atom is 0.0716 e. The Labute approximate surface area is 149 Å². The van der Waals surface area contributed by atoms with Crippen LogP contribution in [0.2, 0.25) is 0 Å². The van der Waals surface area contributed by atoms with E-state index in [4.69, 9.17) is 4.74 Å². The number of benzene rings is 1.